The van der Waals surface area contributed by atoms with Gasteiger partial charge in [-0.25, -0.2) is 0 Å². The van der Waals surface area contributed by atoms with Crippen LogP contribution in [0.5, 0.6) is 0 Å². The van der Waals surface area contributed by atoms with Crippen molar-refractivity contribution in [3.8, 4) is 0 Å². The predicted molar refractivity (Wildman–Crippen MR) is 66.1 cm³/mol. The molecule has 17 heavy (non-hydrogen) atoms. The molecule has 3 atom stereocenters. The molecule has 0 aliphatic heterocycles. The highest BCUT2D eigenvalue weighted by Gasteiger charge is 2.28. The molecular formula is C13H19N3O. The van der Waals surface area contributed by atoms with Gasteiger partial charge in [-0.2, -0.15) is 0 Å². The molecule has 0 spiro atoms. The lowest BCUT2D eigenvalue weighted by atomic mass is 10.1. The van der Waals surface area contributed by atoms with Gasteiger partial charge >= 0.3 is 0 Å². The number of nitrogens with zero attached hydrogens (tertiary/aromatic N) is 1. The van der Waals surface area contributed by atoms with Crippen LogP contribution in [0, 0.1) is 5.92 Å². The van der Waals surface area contributed by atoms with Crippen LogP contribution in [0.4, 0.5) is 0 Å². The number of hydrogen-bond acceptors (Lipinski definition) is 3. The van der Waals surface area contributed by atoms with E-state index in [1.807, 2.05) is 19.1 Å². The van der Waals surface area contributed by atoms with Crippen LogP contribution in [-0.2, 0) is 4.79 Å². The monoisotopic (exact) mass is 233 g/mol. The van der Waals surface area contributed by atoms with Crippen LogP contribution in [0.1, 0.15) is 37.8 Å². The average Bonchev–Trinajstić information content (AvgIpc) is 2.77. The summed E-state index contributed by atoms with van der Waals surface area (Å²) in [4.78, 5) is 16.0. The fourth-order valence-electron chi connectivity index (χ4n) is 2.32. The van der Waals surface area contributed by atoms with Crippen molar-refractivity contribution in [2.75, 3.05) is 0 Å². The maximum Gasteiger partial charge on any atom is 0.223 e. The molecule has 3 N–H and O–H groups in total. The fourth-order valence-corrected chi connectivity index (χ4v) is 2.32. The molecule has 1 aliphatic rings. The third-order valence-electron chi connectivity index (χ3n) is 3.41. The summed E-state index contributed by atoms with van der Waals surface area (Å²) in [5.41, 5.74) is 6.90. The first-order valence-corrected chi connectivity index (χ1v) is 6.12. The summed E-state index contributed by atoms with van der Waals surface area (Å²) in [5.74, 6) is 0.219. The van der Waals surface area contributed by atoms with Gasteiger partial charge in [0.1, 0.15) is 0 Å². The zero-order valence-corrected chi connectivity index (χ0v) is 10.1. The van der Waals surface area contributed by atoms with E-state index in [1.165, 1.54) is 0 Å². The first-order chi connectivity index (χ1) is 8.16. The minimum absolute atomic E-state index is 0.0299. The fraction of sp³-hybridized carbons (Fsp3) is 0.538. The lowest BCUT2D eigenvalue weighted by Gasteiger charge is -2.17. The quantitative estimate of drug-likeness (QED) is 0.829. The second-order valence-corrected chi connectivity index (χ2v) is 4.78. The maximum atomic E-state index is 12.0. The van der Waals surface area contributed by atoms with Gasteiger partial charge in [-0.15, -0.1) is 0 Å². The Labute approximate surface area is 102 Å². The third kappa shape index (κ3) is 3.03. The van der Waals surface area contributed by atoms with Crippen LogP contribution in [0.3, 0.4) is 0 Å². The first kappa shape index (κ1) is 12.0. The first-order valence-electron chi connectivity index (χ1n) is 6.12. The third-order valence-corrected chi connectivity index (χ3v) is 3.41. The molecule has 4 heteroatoms. The van der Waals surface area contributed by atoms with Crippen molar-refractivity contribution in [3.63, 3.8) is 0 Å². The molecule has 0 aromatic carbocycles. The van der Waals surface area contributed by atoms with Gasteiger partial charge in [-0.3, -0.25) is 9.78 Å². The number of carbonyl (C=O) groups is 1. The molecule has 1 heterocycles. The van der Waals surface area contributed by atoms with Crippen molar-refractivity contribution in [2.45, 2.75) is 38.3 Å². The second-order valence-electron chi connectivity index (χ2n) is 4.78. The van der Waals surface area contributed by atoms with Crippen LogP contribution in [-0.4, -0.2) is 16.9 Å². The Kier molecular flexibility index (Phi) is 3.74. The Bertz CT molecular complexity index is 380. The summed E-state index contributed by atoms with van der Waals surface area (Å²) >= 11 is 0. The average molecular weight is 233 g/mol. The van der Waals surface area contributed by atoms with Gasteiger partial charge in [0.15, 0.2) is 0 Å². The van der Waals surface area contributed by atoms with Gasteiger partial charge in [0.2, 0.25) is 5.91 Å². The predicted octanol–water partition coefficient (Wildman–Crippen LogP) is 1.39. The van der Waals surface area contributed by atoms with Crippen LogP contribution in [0.25, 0.3) is 0 Å². The van der Waals surface area contributed by atoms with Crippen LogP contribution >= 0.6 is 0 Å². The van der Waals surface area contributed by atoms with E-state index in [4.69, 9.17) is 5.73 Å². The Morgan fingerprint density at radius 1 is 1.47 bits per heavy atom. The van der Waals surface area contributed by atoms with Crippen molar-refractivity contribution in [2.24, 2.45) is 11.7 Å². The molecule has 1 amide bonds. The standard InChI is InChI=1S/C13H19N3O/c1-9(10-4-6-15-7-5-10)16-13(17)11-2-3-12(14)8-11/h4-7,9,11-12H,2-3,8,14H2,1H3,(H,16,17)/t9-,11?,12?/m0/s1. The second kappa shape index (κ2) is 5.27. The number of carbonyl (C=O) groups excluding carboxylic acids is 1. The summed E-state index contributed by atoms with van der Waals surface area (Å²) in [6.45, 7) is 1.99. The molecule has 1 aromatic heterocycles. The Balaban J connectivity index is 1.91. The zero-order chi connectivity index (χ0) is 12.3. The summed E-state index contributed by atoms with van der Waals surface area (Å²) in [5, 5.41) is 3.04. The van der Waals surface area contributed by atoms with E-state index in [-0.39, 0.29) is 23.9 Å². The molecule has 1 fully saturated rings. The van der Waals surface area contributed by atoms with E-state index >= 15 is 0 Å². The molecule has 2 rings (SSSR count). The summed E-state index contributed by atoms with van der Waals surface area (Å²) in [6, 6.07) is 4.07. The smallest absolute Gasteiger partial charge is 0.223 e. The molecular weight excluding hydrogens is 214 g/mol. The van der Waals surface area contributed by atoms with Gasteiger partial charge in [-0.05, 0) is 43.9 Å². The molecule has 0 bridgehead atoms. The van der Waals surface area contributed by atoms with Gasteiger partial charge < -0.3 is 11.1 Å². The highest BCUT2D eigenvalue weighted by atomic mass is 16.1. The number of pyridine rings is 1. The zero-order valence-electron chi connectivity index (χ0n) is 10.1. The minimum atomic E-state index is 0.0299. The minimum Gasteiger partial charge on any atom is -0.349 e. The maximum absolute atomic E-state index is 12.0. The van der Waals surface area contributed by atoms with Crippen LogP contribution in [0.2, 0.25) is 0 Å². The van der Waals surface area contributed by atoms with Gasteiger partial charge in [0, 0.05) is 24.4 Å². The van der Waals surface area contributed by atoms with Gasteiger partial charge in [0.25, 0.3) is 0 Å². The van der Waals surface area contributed by atoms with E-state index in [0.29, 0.717) is 0 Å². The lowest BCUT2D eigenvalue weighted by molar-refractivity contribution is -0.125. The number of amides is 1. The van der Waals surface area contributed by atoms with E-state index in [2.05, 4.69) is 10.3 Å². The Hall–Kier alpha value is -1.42. The number of nitrogens with two attached hydrogens (primary N) is 1. The van der Waals surface area contributed by atoms with Crippen molar-refractivity contribution >= 4 is 5.91 Å². The molecule has 1 aromatic rings. The van der Waals surface area contributed by atoms with Crippen LogP contribution < -0.4 is 11.1 Å². The van der Waals surface area contributed by atoms with Crippen molar-refractivity contribution < 1.29 is 4.79 Å². The number of rotatable bonds is 3. The normalized spacial score (nSPS) is 25.5. The Morgan fingerprint density at radius 3 is 2.76 bits per heavy atom. The van der Waals surface area contributed by atoms with Gasteiger partial charge in [-0.1, -0.05) is 0 Å². The molecule has 0 radical (unpaired) electrons. The summed E-state index contributed by atoms with van der Waals surface area (Å²) in [7, 11) is 0. The molecule has 4 nitrogen and oxygen atoms in total. The van der Waals surface area contributed by atoms with Gasteiger partial charge in [0.05, 0.1) is 6.04 Å². The van der Waals surface area contributed by atoms with Crippen LogP contribution in [0.15, 0.2) is 24.5 Å². The Morgan fingerprint density at radius 2 is 2.18 bits per heavy atom. The van der Waals surface area contributed by atoms with Crippen molar-refractivity contribution in [3.05, 3.63) is 30.1 Å². The van der Waals surface area contributed by atoms with E-state index in [9.17, 15) is 4.79 Å². The summed E-state index contributed by atoms with van der Waals surface area (Å²) < 4.78 is 0. The molecule has 92 valence electrons. The molecule has 0 saturated heterocycles. The SMILES string of the molecule is C[C@H](NC(=O)C1CCC(N)C1)c1ccncc1. The molecule has 2 unspecified atom stereocenters. The lowest BCUT2D eigenvalue weighted by Crippen LogP contribution is -2.32. The van der Waals surface area contributed by atoms with Crippen molar-refractivity contribution in [1.82, 2.24) is 10.3 Å². The number of nitrogens with one attached hydrogen (secondary N) is 1. The van der Waals surface area contributed by atoms with E-state index < -0.39 is 0 Å². The topological polar surface area (TPSA) is 68.0 Å². The molecule has 1 aliphatic carbocycles. The highest BCUT2D eigenvalue weighted by molar-refractivity contribution is 5.79. The summed E-state index contributed by atoms with van der Waals surface area (Å²) in [6.07, 6.45) is 6.17. The highest BCUT2D eigenvalue weighted by Crippen LogP contribution is 2.25. The van der Waals surface area contributed by atoms with E-state index in [0.717, 1.165) is 24.8 Å². The van der Waals surface area contributed by atoms with Crippen molar-refractivity contribution in [1.29, 1.82) is 0 Å². The number of aromatic nitrogens is 1. The largest absolute Gasteiger partial charge is 0.349 e. The molecule has 1 saturated carbocycles. The van der Waals surface area contributed by atoms with E-state index in [1.54, 1.807) is 12.4 Å². The number of hydrogen-bond donors (Lipinski definition) is 2.